The van der Waals surface area contributed by atoms with E-state index < -0.39 is 5.41 Å². The molecule has 0 spiro atoms. The zero-order chi connectivity index (χ0) is 10.8. The summed E-state index contributed by atoms with van der Waals surface area (Å²) in [6.07, 6.45) is 0. The molecule has 1 aromatic heterocycles. The van der Waals surface area contributed by atoms with E-state index in [1.807, 2.05) is 13.8 Å². The van der Waals surface area contributed by atoms with E-state index in [-0.39, 0.29) is 12.5 Å². The van der Waals surface area contributed by atoms with Gasteiger partial charge in [-0.1, -0.05) is 25.2 Å². The summed E-state index contributed by atoms with van der Waals surface area (Å²) in [5.74, 6) is -0.172. The average molecular weight is 215 g/mol. The van der Waals surface area contributed by atoms with Crippen molar-refractivity contribution in [2.24, 2.45) is 0 Å². The topological polar surface area (TPSA) is 75.1 Å². The van der Waals surface area contributed by atoms with Gasteiger partial charge in [0.15, 0.2) is 0 Å². The first-order valence-corrected chi connectivity index (χ1v) is 5.00. The minimum atomic E-state index is -0.408. The molecular weight excluding hydrogens is 202 g/mol. The number of rotatable bonds is 3. The van der Waals surface area contributed by atoms with E-state index in [1.165, 1.54) is 18.3 Å². The lowest BCUT2D eigenvalue weighted by molar-refractivity contribution is -0.114. The van der Waals surface area contributed by atoms with Gasteiger partial charge in [0.25, 0.3) is 0 Å². The number of nitrogens with zero attached hydrogens (tertiary/aromatic N) is 2. The van der Waals surface area contributed by atoms with Gasteiger partial charge in [0.1, 0.15) is 5.01 Å². The maximum atomic E-state index is 10.7. The van der Waals surface area contributed by atoms with Crippen molar-refractivity contribution >= 4 is 22.4 Å². The fourth-order valence-corrected chi connectivity index (χ4v) is 1.65. The summed E-state index contributed by atoms with van der Waals surface area (Å²) in [7, 11) is 0. The van der Waals surface area contributed by atoms with E-state index in [2.05, 4.69) is 15.5 Å². The molecule has 0 aliphatic rings. The lowest BCUT2D eigenvalue weighted by atomic mass is 9.96. The normalized spacial score (nSPS) is 11.4. The fraction of sp³-hybridized carbons (Fsp3) is 0.625. The summed E-state index contributed by atoms with van der Waals surface area (Å²) in [5.41, 5.74) is -0.408. The van der Waals surface area contributed by atoms with Crippen LogP contribution in [-0.2, 0) is 10.2 Å². The van der Waals surface area contributed by atoms with Crippen LogP contribution in [0.5, 0.6) is 0 Å². The number of amides is 1. The number of nitrogens with one attached hydrogen (secondary N) is 1. The number of aliphatic hydroxyl groups is 1. The van der Waals surface area contributed by atoms with E-state index in [0.29, 0.717) is 10.1 Å². The summed E-state index contributed by atoms with van der Waals surface area (Å²) in [6, 6.07) is 0. The Morgan fingerprint density at radius 3 is 2.71 bits per heavy atom. The van der Waals surface area contributed by atoms with Crippen molar-refractivity contribution in [3.63, 3.8) is 0 Å². The second-order valence-electron chi connectivity index (χ2n) is 3.64. The van der Waals surface area contributed by atoms with Crippen molar-refractivity contribution < 1.29 is 9.90 Å². The van der Waals surface area contributed by atoms with Crippen molar-refractivity contribution in [2.45, 2.75) is 26.2 Å². The smallest absolute Gasteiger partial charge is 0.223 e. The van der Waals surface area contributed by atoms with Crippen LogP contribution in [0.25, 0.3) is 0 Å². The monoisotopic (exact) mass is 215 g/mol. The van der Waals surface area contributed by atoms with Crippen LogP contribution < -0.4 is 5.32 Å². The molecule has 78 valence electrons. The predicted molar refractivity (Wildman–Crippen MR) is 54.3 cm³/mol. The molecule has 14 heavy (non-hydrogen) atoms. The lowest BCUT2D eigenvalue weighted by Crippen LogP contribution is -2.21. The number of aromatic nitrogens is 2. The molecule has 5 nitrogen and oxygen atoms in total. The molecular formula is C8H13N3O2S. The van der Waals surface area contributed by atoms with Crippen LogP contribution >= 0.6 is 11.3 Å². The highest BCUT2D eigenvalue weighted by Gasteiger charge is 2.24. The lowest BCUT2D eigenvalue weighted by Gasteiger charge is -2.16. The Bertz CT molecular complexity index is 335. The maximum absolute atomic E-state index is 10.7. The maximum Gasteiger partial charge on any atom is 0.223 e. The minimum absolute atomic E-state index is 0.00169. The van der Waals surface area contributed by atoms with Crippen LogP contribution in [0.3, 0.4) is 0 Å². The standard InChI is InChI=1S/C8H13N3O2S/c1-5(13)9-7-11-10-6(14-7)8(2,3)4-12/h12H,4H2,1-3H3,(H,9,11,13). The van der Waals surface area contributed by atoms with Gasteiger partial charge in [0, 0.05) is 12.3 Å². The van der Waals surface area contributed by atoms with E-state index in [4.69, 9.17) is 5.11 Å². The van der Waals surface area contributed by atoms with E-state index in [1.54, 1.807) is 0 Å². The number of aliphatic hydroxyl groups excluding tert-OH is 1. The Balaban J connectivity index is 2.82. The van der Waals surface area contributed by atoms with Crippen molar-refractivity contribution in [2.75, 3.05) is 11.9 Å². The van der Waals surface area contributed by atoms with Gasteiger partial charge < -0.3 is 10.4 Å². The van der Waals surface area contributed by atoms with Crippen LogP contribution in [0.15, 0.2) is 0 Å². The van der Waals surface area contributed by atoms with Gasteiger partial charge in [-0.2, -0.15) is 0 Å². The number of hydrogen-bond donors (Lipinski definition) is 2. The molecule has 1 amide bonds. The first-order valence-electron chi connectivity index (χ1n) is 4.18. The number of hydrogen-bond acceptors (Lipinski definition) is 5. The molecule has 1 rings (SSSR count). The molecule has 0 fully saturated rings. The highest BCUT2D eigenvalue weighted by molar-refractivity contribution is 7.15. The molecule has 0 atom stereocenters. The molecule has 2 N–H and O–H groups in total. The third-order valence-corrected chi connectivity index (χ3v) is 2.89. The minimum Gasteiger partial charge on any atom is -0.395 e. The molecule has 0 aliphatic carbocycles. The second kappa shape index (κ2) is 4.02. The van der Waals surface area contributed by atoms with Crippen molar-refractivity contribution in [1.29, 1.82) is 0 Å². The summed E-state index contributed by atoms with van der Waals surface area (Å²) in [5, 5.41) is 20.5. The molecule has 1 heterocycles. The summed E-state index contributed by atoms with van der Waals surface area (Å²) in [6.45, 7) is 5.15. The van der Waals surface area contributed by atoms with Crippen LogP contribution in [0.2, 0.25) is 0 Å². The SMILES string of the molecule is CC(=O)Nc1nnc(C(C)(C)CO)s1. The van der Waals surface area contributed by atoms with Crippen molar-refractivity contribution in [3.8, 4) is 0 Å². The van der Waals surface area contributed by atoms with E-state index >= 15 is 0 Å². The molecule has 1 aromatic rings. The van der Waals surface area contributed by atoms with Gasteiger partial charge in [-0.3, -0.25) is 4.79 Å². The quantitative estimate of drug-likeness (QED) is 0.780. The molecule has 0 saturated heterocycles. The predicted octanol–water partition coefficient (Wildman–Crippen LogP) is 0.766. The van der Waals surface area contributed by atoms with Crippen molar-refractivity contribution in [3.05, 3.63) is 5.01 Å². The highest BCUT2D eigenvalue weighted by atomic mass is 32.1. The van der Waals surface area contributed by atoms with Gasteiger partial charge in [0.05, 0.1) is 6.61 Å². The molecule has 6 heteroatoms. The molecule has 0 aliphatic heterocycles. The van der Waals surface area contributed by atoms with Gasteiger partial charge in [0.2, 0.25) is 11.0 Å². The van der Waals surface area contributed by atoms with Gasteiger partial charge in [-0.05, 0) is 0 Å². The van der Waals surface area contributed by atoms with Crippen LogP contribution in [0.4, 0.5) is 5.13 Å². The molecule has 0 unspecified atom stereocenters. The van der Waals surface area contributed by atoms with Crippen LogP contribution in [0, 0.1) is 0 Å². The Morgan fingerprint density at radius 2 is 2.21 bits per heavy atom. The molecule has 0 radical (unpaired) electrons. The Hall–Kier alpha value is -1.01. The fourth-order valence-electron chi connectivity index (χ4n) is 0.765. The van der Waals surface area contributed by atoms with Crippen LogP contribution in [0.1, 0.15) is 25.8 Å². The number of anilines is 1. The zero-order valence-electron chi connectivity index (χ0n) is 8.37. The van der Waals surface area contributed by atoms with Crippen molar-refractivity contribution in [1.82, 2.24) is 10.2 Å². The Morgan fingerprint density at radius 1 is 1.57 bits per heavy atom. The number of carbonyl (C=O) groups is 1. The Labute approximate surface area is 86.2 Å². The first-order chi connectivity index (χ1) is 6.45. The first kappa shape index (κ1) is 11.1. The molecule has 0 bridgehead atoms. The highest BCUT2D eigenvalue weighted by Crippen LogP contribution is 2.27. The van der Waals surface area contributed by atoms with Gasteiger partial charge in [-0.25, -0.2) is 0 Å². The van der Waals surface area contributed by atoms with E-state index in [9.17, 15) is 4.79 Å². The second-order valence-corrected chi connectivity index (χ2v) is 4.61. The summed E-state index contributed by atoms with van der Waals surface area (Å²) >= 11 is 1.28. The van der Waals surface area contributed by atoms with Gasteiger partial charge in [-0.15, -0.1) is 10.2 Å². The van der Waals surface area contributed by atoms with Crippen LogP contribution in [-0.4, -0.2) is 27.8 Å². The largest absolute Gasteiger partial charge is 0.395 e. The zero-order valence-corrected chi connectivity index (χ0v) is 9.18. The molecule has 0 saturated carbocycles. The number of carbonyl (C=O) groups excluding carboxylic acids is 1. The summed E-state index contributed by atoms with van der Waals surface area (Å²) in [4.78, 5) is 10.7. The average Bonchev–Trinajstić information content (AvgIpc) is 2.52. The van der Waals surface area contributed by atoms with Gasteiger partial charge >= 0.3 is 0 Å². The third-order valence-electron chi connectivity index (χ3n) is 1.68. The Kier molecular flexibility index (Phi) is 3.17. The van der Waals surface area contributed by atoms with E-state index in [0.717, 1.165) is 0 Å². The molecule has 0 aromatic carbocycles. The third kappa shape index (κ3) is 2.49. The summed E-state index contributed by atoms with van der Waals surface area (Å²) < 4.78 is 0.